The SMILES string of the molecule is CCOC(=O)c1cc(C)n(Cc2cc(F)cc3sc(N4CC=CCC4)nc23)n1. The number of halogens is 1. The van der Waals surface area contributed by atoms with Crippen LogP contribution < -0.4 is 4.90 Å². The highest BCUT2D eigenvalue weighted by Crippen LogP contribution is 2.32. The molecule has 0 bridgehead atoms. The molecule has 1 aliphatic heterocycles. The van der Waals surface area contributed by atoms with Gasteiger partial charge in [0.2, 0.25) is 0 Å². The fraction of sp³-hybridized carbons (Fsp3) is 0.350. The second kappa shape index (κ2) is 7.71. The van der Waals surface area contributed by atoms with Gasteiger partial charge in [-0.25, -0.2) is 14.2 Å². The van der Waals surface area contributed by atoms with Crippen molar-refractivity contribution >= 4 is 32.7 Å². The molecule has 0 N–H and O–H groups in total. The monoisotopic (exact) mass is 400 g/mol. The van der Waals surface area contributed by atoms with Gasteiger partial charge < -0.3 is 9.64 Å². The minimum absolute atomic E-state index is 0.256. The highest BCUT2D eigenvalue weighted by atomic mass is 32.1. The van der Waals surface area contributed by atoms with Gasteiger partial charge in [0, 0.05) is 24.3 Å². The number of fused-ring (bicyclic) bond motifs is 1. The van der Waals surface area contributed by atoms with E-state index in [1.165, 1.54) is 23.5 Å². The summed E-state index contributed by atoms with van der Waals surface area (Å²) in [5.74, 6) is -0.755. The molecule has 0 saturated carbocycles. The first-order chi connectivity index (χ1) is 13.5. The first kappa shape index (κ1) is 18.6. The Morgan fingerprint density at radius 1 is 1.32 bits per heavy atom. The van der Waals surface area contributed by atoms with Crippen molar-refractivity contribution < 1.29 is 13.9 Å². The lowest BCUT2D eigenvalue weighted by atomic mass is 10.2. The molecule has 0 atom stereocenters. The van der Waals surface area contributed by atoms with E-state index in [1.807, 2.05) is 6.92 Å². The smallest absolute Gasteiger partial charge is 0.358 e. The fourth-order valence-corrected chi connectivity index (χ4v) is 4.33. The number of hydrogen-bond donors (Lipinski definition) is 0. The summed E-state index contributed by atoms with van der Waals surface area (Å²) < 4.78 is 21.7. The molecule has 0 aliphatic carbocycles. The number of ether oxygens (including phenoxy) is 1. The lowest BCUT2D eigenvalue weighted by Gasteiger charge is -2.22. The minimum Gasteiger partial charge on any atom is -0.461 e. The summed E-state index contributed by atoms with van der Waals surface area (Å²) in [4.78, 5) is 18.9. The van der Waals surface area contributed by atoms with Crippen molar-refractivity contribution in [2.45, 2.75) is 26.8 Å². The van der Waals surface area contributed by atoms with Crippen LogP contribution in [0, 0.1) is 12.7 Å². The second-order valence-electron chi connectivity index (χ2n) is 6.66. The number of thiazole rings is 1. The molecule has 0 amide bonds. The first-order valence-electron chi connectivity index (χ1n) is 9.25. The zero-order valence-corrected chi connectivity index (χ0v) is 16.6. The second-order valence-corrected chi connectivity index (χ2v) is 7.67. The standard InChI is InChI=1S/C20H21FN4O2S/c1-3-27-19(26)16-9-13(2)25(23-16)12-14-10-15(21)11-17-18(14)22-20(28-17)24-7-5-4-6-8-24/h4-5,9-11H,3,6-8,12H2,1-2H3. The summed E-state index contributed by atoms with van der Waals surface area (Å²) in [6.07, 6.45) is 5.28. The third-order valence-electron chi connectivity index (χ3n) is 4.64. The van der Waals surface area contributed by atoms with Crippen molar-refractivity contribution in [2.75, 3.05) is 24.6 Å². The maximum Gasteiger partial charge on any atom is 0.358 e. The van der Waals surface area contributed by atoms with Gasteiger partial charge in [-0.3, -0.25) is 4.68 Å². The number of aromatic nitrogens is 3. The summed E-state index contributed by atoms with van der Waals surface area (Å²) in [5.41, 5.74) is 2.58. The van der Waals surface area contributed by atoms with Crippen molar-refractivity contribution in [1.29, 1.82) is 0 Å². The van der Waals surface area contributed by atoms with Gasteiger partial charge >= 0.3 is 5.97 Å². The quantitative estimate of drug-likeness (QED) is 0.480. The van der Waals surface area contributed by atoms with Crippen LogP contribution in [0.2, 0.25) is 0 Å². The predicted molar refractivity (Wildman–Crippen MR) is 108 cm³/mol. The predicted octanol–water partition coefficient (Wildman–Crippen LogP) is 3.93. The Balaban J connectivity index is 1.68. The van der Waals surface area contributed by atoms with E-state index in [0.717, 1.165) is 46.1 Å². The Morgan fingerprint density at radius 3 is 2.93 bits per heavy atom. The molecule has 0 unspecified atom stereocenters. The van der Waals surface area contributed by atoms with E-state index in [2.05, 4.69) is 22.2 Å². The van der Waals surface area contributed by atoms with Gasteiger partial charge in [-0.1, -0.05) is 23.5 Å². The molecule has 3 heterocycles. The van der Waals surface area contributed by atoms with Crippen LogP contribution in [0.15, 0.2) is 30.4 Å². The van der Waals surface area contributed by atoms with Crippen molar-refractivity contribution in [1.82, 2.24) is 14.8 Å². The summed E-state index contributed by atoms with van der Waals surface area (Å²) in [6, 6.07) is 4.70. The van der Waals surface area contributed by atoms with E-state index in [4.69, 9.17) is 9.72 Å². The minimum atomic E-state index is -0.456. The van der Waals surface area contributed by atoms with Crippen molar-refractivity contribution in [3.63, 3.8) is 0 Å². The molecule has 0 radical (unpaired) electrons. The molecule has 0 fully saturated rings. The number of rotatable bonds is 5. The normalized spacial score (nSPS) is 14.0. The molecule has 0 spiro atoms. The van der Waals surface area contributed by atoms with Gasteiger partial charge in [-0.15, -0.1) is 0 Å². The Labute approximate surface area is 166 Å². The number of aryl methyl sites for hydroxylation is 1. The summed E-state index contributed by atoms with van der Waals surface area (Å²) in [6.45, 7) is 5.97. The number of esters is 1. The van der Waals surface area contributed by atoms with E-state index < -0.39 is 5.97 Å². The van der Waals surface area contributed by atoms with Crippen LogP contribution in [-0.4, -0.2) is 40.4 Å². The van der Waals surface area contributed by atoms with Crippen molar-refractivity contribution in [3.8, 4) is 0 Å². The van der Waals surface area contributed by atoms with E-state index in [9.17, 15) is 9.18 Å². The van der Waals surface area contributed by atoms with Crippen LogP contribution in [-0.2, 0) is 11.3 Å². The molecule has 3 aromatic rings. The number of anilines is 1. The Kier molecular flexibility index (Phi) is 5.13. The number of nitrogens with zero attached hydrogens (tertiary/aromatic N) is 4. The molecule has 28 heavy (non-hydrogen) atoms. The molecule has 4 rings (SSSR count). The highest BCUT2D eigenvalue weighted by Gasteiger charge is 2.18. The van der Waals surface area contributed by atoms with Gasteiger partial charge in [-0.05, 0) is 38.5 Å². The first-order valence-corrected chi connectivity index (χ1v) is 10.1. The Morgan fingerprint density at radius 2 is 2.18 bits per heavy atom. The van der Waals surface area contributed by atoms with E-state index in [1.54, 1.807) is 17.7 Å². The molecule has 2 aromatic heterocycles. The van der Waals surface area contributed by atoms with Gasteiger partial charge in [0.25, 0.3) is 0 Å². The highest BCUT2D eigenvalue weighted by molar-refractivity contribution is 7.22. The molecule has 0 saturated heterocycles. The number of benzene rings is 1. The number of carbonyl (C=O) groups is 1. The largest absolute Gasteiger partial charge is 0.461 e. The van der Waals surface area contributed by atoms with E-state index >= 15 is 0 Å². The van der Waals surface area contributed by atoms with E-state index in [0.29, 0.717) is 13.2 Å². The third-order valence-corrected chi connectivity index (χ3v) is 5.71. The van der Waals surface area contributed by atoms with Crippen LogP contribution in [0.1, 0.15) is 35.1 Å². The Bertz CT molecular complexity index is 1060. The number of hydrogen-bond acceptors (Lipinski definition) is 6. The molecule has 8 heteroatoms. The zero-order valence-electron chi connectivity index (χ0n) is 15.8. The lowest BCUT2D eigenvalue weighted by molar-refractivity contribution is 0.0518. The van der Waals surface area contributed by atoms with Crippen molar-refractivity contribution in [3.05, 3.63) is 53.1 Å². The average Bonchev–Trinajstić information content (AvgIpc) is 3.27. The lowest BCUT2D eigenvalue weighted by Crippen LogP contribution is -2.26. The molecule has 146 valence electrons. The van der Waals surface area contributed by atoms with Crippen LogP contribution in [0.25, 0.3) is 10.2 Å². The van der Waals surface area contributed by atoms with Crippen LogP contribution in [0.3, 0.4) is 0 Å². The maximum absolute atomic E-state index is 14.2. The van der Waals surface area contributed by atoms with Gasteiger partial charge in [0.05, 0.1) is 23.4 Å². The third kappa shape index (κ3) is 3.64. The van der Waals surface area contributed by atoms with Crippen LogP contribution in [0.4, 0.5) is 9.52 Å². The zero-order chi connectivity index (χ0) is 19.7. The molecule has 1 aliphatic rings. The fourth-order valence-electron chi connectivity index (χ4n) is 3.26. The number of carbonyl (C=O) groups excluding carboxylic acids is 1. The molecule has 1 aromatic carbocycles. The van der Waals surface area contributed by atoms with Gasteiger partial charge in [0.15, 0.2) is 10.8 Å². The molecule has 6 nitrogen and oxygen atoms in total. The summed E-state index contributed by atoms with van der Waals surface area (Å²) >= 11 is 1.50. The Hall–Kier alpha value is -2.74. The molecular formula is C20H21FN4O2S. The summed E-state index contributed by atoms with van der Waals surface area (Å²) in [5, 5.41) is 5.23. The molecular weight excluding hydrogens is 379 g/mol. The van der Waals surface area contributed by atoms with Crippen LogP contribution >= 0.6 is 11.3 Å². The van der Waals surface area contributed by atoms with Crippen molar-refractivity contribution in [2.24, 2.45) is 0 Å². The average molecular weight is 400 g/mol. The van der Waals surface area contributed by atoms with E-state index in [-0.39, 0.29) is 11.5 Å². The summed E-state index contributed by atoms with van der Waals surface area (Å²) in [7, 11) is 0. The maximum atomic E-state index is 14.2. The van der Waals surface area contributed by atoms with Crippen LogP contribution in [0.5, 0.6) is 0 Å². The van der Waals surface area contributed by atoms with Gasteiger partial charge in [0.1, 0.15) is 5.82 Å². The van der Waals surface area contributed by atoms with Gasteiger partial charge in [-0.2, -0.15) is 5.10 Å². The topological polar surface area (TPSA) is 60.2 Å².